The summed E-state index contributed by atoms with van der Waals surface area (Å²) in [5, 5.41) is 14.3. The van der Waals surface area contributed by atoms with E-state index < -0.39 is 41.8 Å². The van der Waals surface area contributed by atoms with Crippen LogP contribution in [0.2, 0.25) is 0 Å². The lowest BCUT2D eigenvalue weighted by atomic mass is 10.1. The van der Waals surface area contributed by atoms with Gasteiger partial charge in [0.15, 0.2) is 5.96 Å². The van der Waals surface area contributed by atoms with Crippen LogP contribution in [-0.2, 0) is 19.2 Å². The average Bonchev–Trinajstić information content (AvgIpc) is 3.17. The Morgan fingerprint density at radius 1 is 1.23 bits per heavy atom. The molecule has 1 fully saturated rings. The Hall–Kier alpha value is -2.89. The number of rotatable bonds is 11. The number of carbonyl (C=O) groups is 4. The van der Waals surface area contributed by atoms with Crippen molar-refractivity contribution in [3.63, 3.8) is 0 Å². The van der Waals surface area contributed by atoms with Crippen molar-refractivity contribution in [3.05, 3.63) is 0 Å². The molecule has 1 aliphatic heterocycles. The van der Waals surface area contributed by atoms with Gasteiger partial charge in [0.25, 0.3) is 0 Å². The number of hydrogen-bond acceptors (Lipinski definition) is 6. The van der Waals surface area contributed by atoms with Gasteiger partial charge in [-0.15, -0.1) is 0 Å². The Kier molecular flexibility index (Phi) is 10.0. The molecular weight excluding hydrogens is 394 g/mol. The molecule has 0 saturated carbocycles. The Labute approximate surface area is 175 Å². The van der Waals surface area contributed by atoms with Gasteiger partial charge in [-0.3, -0.25) is 19.4 Å². The van der Waals surface area contributed by atoms with Gasteiger partial charge in [-0.05, 0) is 31.6 Å². The molecule has 9 N–H and O–H groups in total. The monoisotopic (exact) mass is 427 g/mol. The van der Waals surface area contributed by atoms with Crippen LogP contribution in [0, 0.1) is 5.92 Å². The maximum Gasteiger partial charge on any atom is 0.326 e. The fraction of sp³-hybridized carbons (Fsp3) is 0.722. The number of guanidine groups is 1. The summed E-state index contributed by atoms with van der Waals surface area (Å²) in [6.07, 6.45) is 1.54. The number of likely N-dealkylation sites (tertiary alicyclic amines) is 1. The van der Waals surface area contributed by atoms with Crippen LogP contribution >= 0.6 is 0 Å². The van der Waals surface area contributed by atoms with Crippen molar-refractivity contribution in [1.82, 2.24) is 15.5 Å². The number of carbonyl (C=O) groups excluding carboxylic acids is 3. The lowest BCUT2D eigenvalue weighted by Crippen LogP contribution is -2.54. The van der Waals surface area contributed by atoms with Gasteiger partial charge in [-0.1, -0.05) is 13.8 Å². The zero-order valence-corrected chi connectivity index (χ0v) is 17.5. The zero-order valence-electron chi connectivity index (χ0n) is 17.5. The molecule has 30 heavy (non-hydrogen) atoms. The van der Waals surface area contributed by atoms with Crippen molar-refractivity contribution in [3.8, 4) is 0 Å². The average molecular weight is 428 g/mol. The van der Waals surface area contributed by atoms with Crippen LogP contribution in [0.5, 0.6) is 0 Å². The fourth-order valence-corrected chi connectivity index (χ4v) is 3.08. The molecule has 170 valence electrons. The number of nitrogens with one attached hydrogen (secondary N) is 2. The number of nitrogens with zero attached hydrogens (tertiary/aromatic N) is 2. The van der Waals surface area contributed by atoms with Gasteiger partial charge in [-0.2, -0.15) is 0 Å². The van der Waals surface area contributed by atoms with Crippen molar-refractivity contribution < 1.29 is 24.3 Å². The van der Waals surface area contributed by atoms with Crippen LogP contribution in [0.3, 0.4) is 0 Å². The fourth-order valence-electron chi connectivity index (χ4n) is 3.08. The Morgan fingerprint density at radius 3 is 2.47 bits per heavy atom. The minimum absolute atomic E-state index is 0.0865. The number of carboxylic acid groups (broad SMARTS) is 1. The van der Waals surface area contributed by atoms with Gasteiger partial charge in [0, 0.05) is 13.1 Å². The first-order valence-electron chi connectivity index (χ1n) is 9.95. The van der Waals surface area contributed by atoms with Crippen molar-refractivity contribution in [2.45, 2.75) is 57.7 Å². The highest BCUT2D eigenvalue weighted by Gasteiger charge is 2.37. The molecule has 0 spiro atoms. The highest BCUT2D eigenvalue weighted by atomic mass is 16.4. The Balaban J connectivity index is 2.76. The molecule has 0 aromatic carbocycles. The number of carboxylic acids is 1. The molecule has 3 unspecified atom stereocenters. The van der Waals surface area contributed by atoms with Crippen LogP contribution < -0.4 is 27.8 Å². The molecular formula is C18H33N7O5. The molecule has 12 heteroatoms. The zero-order chi connectivity index (χ0) is 22.8. The smallest absolute Gasteiger partial charge is 0.326 e. The van der Waals surface area contributed by atoms with Gasteiger partial charge >= 0.3 is 5.97 Å². The molecule has 0 aromatic heterocycles. The summed E-state index contributed by atoms with van der Waals surface area (Å²) < 4.78 is 0. The summed E-state index contributed by atoms with van der Waals surface area (Å²) in [6, 6.07) is -2.63. The standard InChI is InChI=1S/C18H33N7O5/c1-10(2)14(19)15(27)23-9-13(26)24-11(5-3-7-22-18(20)21)16(28)25-8-4-6-12(25)17(29)30/h10-12,14H,3-9,19H2,1-2H3,(H,23,27)(H,24,26)(H,29,30)(H4,20,21,22). The molecule has 0 bridgehead atoms. The molecule has 1 saturated heterocycles. The lowest BCUT2D eigenvalue weighted by molar-refractivity contribution is -0.149. The number of hydrogen-bond donors (Lipinski definition) is 6. The van der Waals surface area contributed by atoms with Crippen molar-refractivity contribution >= 4 is 29.7 Å². The second-order valence-electron chi connectivity index (χ2n) is 7.58. The number of nitrogens with two attached hydrogens (primary N) is 3. The maximum atomic E-state index is 12.9. The highest BCUT2D eigenvalue weighted by Crippen LogP contribution is 2.19. The van der Waals surface area contributed by atoms with Gasteiger partial charge in [0.2, 0.25) is 17.7 Å². The molecule has 0 aliphatic carbocycles. The van der Waals surface area contributed by atoms with E-state index in [-0.39, 0.29) is 31.4 Å². The van der Waals surface area contributed by atoms with Crippen LogP contribution in [0.15, 0.2) is 4.99 Å². The first-order chi connectivity index (χ1) is 14.0. The molecule has 1 rings (SSSR count). The second-order valence-corrected chi connectivity index (χ2v) is 7.58. The van der Waals surface area contributed by atoms with Crippen molar-refractivity contribution in [2.24, 2.45) is 28.1 Å². The normalized spacial score (nSPS) is 17.9. The van der Waals surface area contributed by atoms with Crippen molar-refractivity contribution in [2.75, 3.05) is 19.6 Å². The lowest BCUT2D eigenvalue weighted by Gasteiger charge is -2.27. The van der Waals surface area contributed by atoms with E-state index in [1.807, 2.05) is 0 Å². The largest absolute Gasteiger partial charge is 0.480 e. The van der Waals surface area contributed by atoms with Crippen LogP contribution in [0.25, 0.3) is 0 Å². The molecule has 1 heterocycles. The summed E-state index contributed by atoms with van der Waals surface area (Å²) in [6.45, 7) is 3.77. The third-order valence-corrected chi connectivity index (χ3v) is 4.84. The minimum Gasteiger partial charge on any atom is -0.480 e. The number of aliphatic carboxylic acids is 1. The molecule has 12 nitrogen and oxygen atoms in total. The Bertz CT molecular complexity index is 663. The summed E-state index contributed by atoms with van der Waals surface area (Å²) in [7, 11) is 0. The minimum atomic E-state index is -1.08. The summed E-state index contributed by atoms with van der Waals surface area (Å²) in [5.74, 6) is -2.80. The van der Waals surface area contributed by atoms with E-state index >= 15 is 0 Å². The molecule has 1 aliphatic rings. The van der Waals surface area contributed by atoms with Gasteiger partial charge in [0.05, 0.1) is 12.6 Å². The molecule has 3 amide bonds. The Morgan fingerprint density at radius 2 is 1.90 bits per heavy atom. The first kappa shape index (κ1) is 25.1. The van der Waals surface area contributed by atoms with Crippen LogP contribution in [-0.4, -0.2) is 77.4 Å². The highest BCUT2D eigenvalue weighted by molar-refractivity contribution is 5.92. The number of aliphatic imine (C=N–C) groups is 1. The van der Waals surface area contributed by atoms with E-state index in [2.05, 4.69) is 15.6 Å². The van der Waals surface area contributed by atoms with Gasteiger partial charge in [-0.25, -0.2) is 4.79 Å². The van der Waals surface area contributed by atoms with E-state index in [0.717, 1.165) is 0 Å². The summed E-state index contributed by atoms with van der Waals surface area (Å²) >= 11 is 0. The maximum absolute atomic E-state index is 12.9. The van der Waals surface area contributed by atoms with Gasteiger partial charge < -0.3 is 37.8 Å². The molecule has 0 radical (unpaired) electrons. The van der Waals surface area contributed by atoms with Crippen LogP contribution in [0.1, 0.15) is 39.5 Å². The van der Waals surface area contributed by atoms with E-state index in [0.29, 0.717) is 25.8 Å². The molecule has 3 atom stereocenters. The third-order valence-electron chi connectivity index (χ3n) is 4.84. The molecule has 0 aromatic rings. The van der Waals surface area contributed by atoms with Crippen LogP contribution in [0.4, 0.5) is 0 Å². The third kappa shape index (κ3) is 7.85. The quantitative estimate of drug-likeness (QED) is 0.120. The van der Waals surface area contributed by atoms with Crippen molar-refractivity contribution in [1.29, 1.82) is 0 Å². The predicted molar refractivity (Wildman–Crippen MR) is 110 cm³/mol. The van der Waals surface area contributed by atoms with Gasteiger partial charge in [0.1, 0.15) is 12.1 Å². The van der Waals surface area contributed by atoms with E-state index in [1.54, 1.807) is 13.8 Å². The van der Waals surface area contributed by atoms with E-state index in [4.69, 9.17) is 17.2 Å². The summed E-state index contributed by atoms with van der Waals surface area (Å²) in [4.78, 5) is 53.6. The summed E-state index contributed by atoms with van der Waals surface area (Å²) in [5.41, 5.74) is 16.3. The number of amides is 3. The van der Waals surface area contributed by atoms with E-state index in [1.165, 1.54) is 4.90 Å². The topological polar surface area (TPSA) is 206 Å². The first-order valence-corrected chi connectivity index (χ1v) is 9.95. The predicted octanol–water partition coefficient (Wildman–Crippen LogP) is -2.30. The SMILES string of the molecule is CC(C)C(N)C(=O)NCC(=O)NC(CCCN=C(N)N)C(=O)N1CCCC1C(=O)O. The van der Waals surface area contributed by atoms with E-state index in [9.17, 15) is 24.3 Å². The second kappa shape index (κ2) is 12.0.